The van der Waals surface area contributed by atoms with Crippen molar-refractivity contribution in [3.05, 3.63) is 29.8 Å². The highest BCUT2D eigenvalue weighted by Gasteiger charge is 2.35. The van der Waals surface area contributed by atoms with Gasteiger partial charge in [-0.15, -0.1) is 0 Å². The molecule has 0 spiro atoms. The summed E-state index contributed by atoms with van der Waals surface area (Å²) >= 11 is 0. The number of carbonyl (C=O) groups excluding carboxylic acids is 1. The maximum atomic E-state index is 13.8. The van der Waals surface area contributed by atoms with Gasteiger partial charge in [-0.25, -0.2) is 17.8 Å². The van der Waals surface area contributed by atoms with Crippen molar-refractivity contribution in [3.63, 3.8) is 0 Å². The summed E-state index contributed by atoms with van der Waals surface area (Å²) in [5.41, 5.74) is 1.03. The number of halogens is 1. The van der Waals surface area contributed by atoms with E-state index >= 15 is 0 Å². The van der Waals surface area contributed by atoms with Crippen molar-refractivity contribution in [3.8, 4) is 0 Å². The number of nitrogens with one attached hydrogen (secondary N) is 1. The van der Waals surface area contributed by atoms with E-state index in [9.17, 15) is 17.6 Å². The number of hydrogen-bond acceptors (Lipinski definition) is 4. The molecule has 2 aromatic rings. The third kappa shape index (κ3) is 3.28. The number of fused-ring (bicyclic) bond motifs is 1. The van der Waals surface area contributed by atoms with Crippen LogP contribution in [0.5, 0.6) is 0 Å². The van der Waals surface area contributed by atoms with Gasteiger partial charge in [-0.1, -0.05) is 13.3 Å². The number of hydrogen-bond donors (Lipinski definition) is 1. The van der Waals surface area contributed by atoms with Gasteiger partial charge in [-0.05, 0) is 25.0 Å². The van der Waals surface area contributed by atoms with E-state index in [0.29, 0.717) is 24.0 Å². The van der Waals surface area contributed by atoms with Gasteiger partial charge >= 0.3 is 0 Å². The molecule has 0 radical (unpaired) electrons. The maximum absolute atomic E-state index is 13.8. The van der Waals surface area contributed by atoms with Crippen molar-refractivity contribution < 1.29 is 17.6 Å². The second-order valence-electron chi connectivity index (χ2n) is 6.16. The van der Waals surface area contributed by atoms with Gasteiger partial charge in [0.05, 0.1) is 28.9 Å². The van der Waals surface area contributed by atoms with E-state index in [2.05, 4.69) is 9.97 Å². The van der Waals surface area contributed by atoms with E-state index in [0.717, 1.165) is 12.8 Å². The zero-order valence-corrected chi connectivity index (χ0v) is 14.3. The lowest BCUT2D eigenvalue weighted by atomic mass is 10.1. The SMILES string of the molecule is CCCCN(C(=O)c1cc(F)cc2[nH]cnc12)[C@H]1CCS(=O)(=O)C1. The van der Waals surface area contributed by atoms with Crippen molar-refractivity contribution in [2.75, 3.05) is 18.1 Å². The summed E-state index contributed by atoms with van der Waals surface area (Å²) in [4.78, 5) is 21.5. The number of rotatable bonds is 5. The summed E-state index contributed by atoms with van der Waals surface area (Å²) in [6, 6.07) is 2.11. The lowest BCUT2D eigenvalue weighted by Gasteiger charge is -2.28. The number of benzene rings is 1. The largest absolute Gasteiger partial charge is 0.344 e. The van der Waals surface area contributed by atoms with Crippen molar-refractivity contribution in [2.45, 2.75) is 32.2 Å². The van der Waals surface area contributed by atoms with Crippen LogP contribution in [0.3, 0.4) is 0 Å². The molecule has 1 amide bonds. The minimum atomic E-state index is -3.11. The predicted octanol–water partition coefficient (Wildman–Crippen LogP) is 2.13. The minimum absolute atomic E-state index is 0.0263. The van der Waals surface area contributed by atoms with E-state index in [1.54, 1.807) is 4.90 Å². The van der Waals surface area contributed by atoms with Crippen LogP contribution in [0.2, 0.25) is 0 Å². The maximum Gasteiger partial charge on any atom is 0.256 e. The Morgan fingerprint density at radius 1 is 1.46 bits per heavy atom. The molecule has 1 atom stereocenters. The normalized spacial score (nSPS) is 19.7. The highest BCUT2D eigenvalue weighted by atomic mass is 32.2. The van der Waals surface area contributed by atoms with Crippen LogP contribution in [-0.4, -0.2) is 53.3 Å². The van der Waals surface area contributed by atoms with Gasteiger partial charge in [0, 0.05) is 12.6 Å². The first-order chi connectivity index (χ1) is 11.4. The molecule has 1 fully saturated rings. The first-order valence-electron chi connectivity index (χ1n) is 8.05. The Kier molecular flexibility index (Phi) is 4.58. The smallest absolute Gasteiger partial charge is 0.256 e. The third-order valence-electron chi connectivity index (χ3n) is 4.38. The number of imidazole rings is 1. The number of nitrogens with zero attached hydrogens (tertiary/aromatic N) is 2. The van der Waals surface area contributed by atoms with Crippen LogP contribution >= 0.6 is 0 Å². The topological polar surface area (TPSA) is 83.1 Å². The van der Waals surface area contributed by atoms with E-state index < -0.39 is 15.7 Å². The van der Waals surface area contributed by atoms with Crippen LogP contribution < -0.4 is 0 Å². The summed E-state index contributed by atoms with van der Waals surface area (Å²) in [5, 5.41) is 0. The Morgan fingerprint density at radius 3 is 2.92 bits per heavy atom. The van der Waals surface area contributed by atoms with Crippen molar-refractivity contribution in [1.29, 1.82) is 0 Å². The van der Waals surface area contributed by atoms with Gasteiger partial charge in [-0.2, -0.15) is 0 Å². The molecular formula is C16H20FN3O3S. The molecule has 1 aromatic heterocycles. The molecule has 1 aliphatic heterocycles. The second-order valence-corrected chi connectivity index (χ2v) is 8.39. The second kappa shape index (κ2) is 6.51. The minimum Gasteiger partial charge on any atom is -0.344 e. The van der Waals surface area contributed by atoms with Crippen LogP contribution in [-0.2, 0) is 9.84 Å². The van der Waals surface area contributed by atoms with Crippen molar-refractivity contribution in [1.82, 2.24) is 14.9 Å². The quantitative estimate of drug-likeness (QED) is 0.893. The lowest BCUT2D eigenvalue weighted by Crippen LogP contribution is -2.42. The number of carbonyl (C=O) groups is 1. The summed E-state index contributed by atoms with van der Waals surface area (Å²) in [6.07, 6.45) is 3.49. The number of aromatic nitrogens is 2. The molecule has 6 nitrogen and oxygen atoms in total. The molecule has 3 rings (SSSR count). The van der Waals surface area contributed by atoms with E-state index in [1.165, 1.54) is 18.5 Å². The molecule has 8 heteroatoms. The van der Waals surface area contributed by atoms with Crippen LogP contribution in [0.25, 0.3) is 11.0 Å². The number of unbranched alkanes of at least 4 members (excludes halogenated alkanes) is 1. The molecule has 1 saturated heterocycles. The van der Waals surface area contributed by atoms with Gasteiger partial charge in [0.15, 0.2) is 9.84 Å². The first kappa shape index (κ1) is 16.9. The highest BCUT2D eigenvalue weighted by Crippen LogP contribution is 2.24. The van der Waals surface area contributed by atoms with Gasteiger partial charge in [0.2, 0.25) is 0 Å². The fourth-order valence-electron chi connectivity index (χ4n) is 3.13. The number of H-pyrrole nitrogens is 1. The number of amides is 1. The third-order valence-corrected chi connectivity index (χ3v) is 6.13. The Labute approximate surface area is 140 Å². The zero-order valence-electron chi connectivity index (χ0n) is 13.5. The lowest BCUT2D eigenvalue weighted by molar-refractivity contribution is 0.0695. The molecule has 130 valence electrons. The number of sulfone groups is 1. The van der Waals surface area contributed by atoms with E-state index in [1.807, 2.05) is 6.92 Å². The molecular weight excluding hydrogens is 333 g/mol. The molecule has 1 N–H and O–H groups in total. The Hall–Kier alpha value is -1.96. The molecule has 0 aliphatic carbocycles. The van der Waals surface area contributed by atoms with Gasteiger partial charge in [0.25, 0.3) is 5.91 Å². The van der Waals surface area contributed by atoms with Crippen LogP contribution in [0.15, 0.2) is 18.5 Å². The molecule has 0 saturated carbocycles. The van der Waals surface area contributed by atoms with Gasteiger partial charge in [0.1, 0.15) is 11.3 Å². The van der Waals surface area contributed by atoms with Crippen LogP contribution in [0, 0.1) is 5.82 Å². The standard InChI is InChI=1S/C16H20FN3O3S/c1-2-3-5-20(12-4-6-24(22,23)9-12)16(21)13-7-11(17)8-14-15(13)19-10-18-14/h7-8,10,12H,2-6,9H2,1H3,(H,18,19)/t12-/m0/s1. The van der Waals surface area contributed by atoms with E-state index in [4.69, 9.17) is 0 Å². The molecule has 0 bridgehead atoms. The molecule has 2 heterocycles. The van der Waals surface area contributed by atoms with Crippen LogP contribution in [0.1, 0.15) is 36.5 Å². The Balaban J connectivity index is 1.97. The molecule has 1 aliphatic rings. The van der Waals surface area contributed by atoms with Crippen LogP contribution in [0.4, 0.5) is 4.39 Å². The average Bonchev–Trinajstić information content (AvgIpc) is 3.12. The average molecular weight is 353 g/mol. The summed E-state index contributed by atoms with van der Waals surface area (Å²) in [7, 11) is -3.11. The van der Waals surface area contributed by atoms with Gasteiger partial charge < -0.3 is 9.88 Å². The molecule has 1 aromatic carbocycles. The van der Waals surface area contributed by atoms with Gasteiger partial charge in [-0.3, -0.25) is 4.79 Å². The first-order valence-corrected chi connectivity index (χ1v) is 9.87. The Morgan fingerprint density at radius 2 is 2.25 bits per heavy atom. The highest BCUT2D eigenvalue weighted by molar-refractivity contribution is 7.91. The number of aromatic amines is 1. The van der Waals surface area contributed by atoms with Crippen molar-refractivity contribution >= 4 is 26.8 Å². The molecule has 0 unspecified atom stereocenters. The fourth-order valence-corrected chi connectivity index (χ4v) is 4.86. The molecule has 24 heavy (non-hydrogen) atoms. The van der Waals surface area contributed by atoms with E-state index in [-0.39, 0.29) is 29.0 Å². The fraction of sp³-hybridized carbons (Fsp3) is 0.500. The predicted molar refractivity (Wildman–Crippen MR) is 89.1 cm³/mol. The monoisotopic (exact) mass is 353 g/mol. The summed E-state index contributed by atoms with van der Waals surface area (Å²) in [6.45, 7) is 2.46. The Bertz CT molecular complexity index is 863. The summed E-state index contributed by atoms with van der Waals surface area (Å²) in [5.74, 6) is -0.817. The zero-order chi connectivity index (χ0) is 17.3. The van der Waals surface area contributed by atoms with Crippen molar-refractivity contribution in [2.24, 2.45) is 0 Å². The summed E-state index contributed by atoms with van der Waals surface area (Å²) < 4.78 is 37.4.